The summed E-state index contributed by atoms with van der Waals surface area (Å²) in [6.07, 6.45) is 0.109. The maximum Gasteiger partial charge on any atom is 0.408 e. The predicted molar refractivity (Wildman–Crippen MR) is 76.1 cm³/mol. The van der Waals surface area contributed by atoms with E-state index in [2.05, 4.69) is 15.6 Å². The van der Waals surface area contributed by atoms with Crippen LogP contribution in [-0.2, 0) is 9.53 Å². The first kappa shape index (κ1) is 15.1. The minimum Gasteiger partial charge on any atom is -0.461 e. The van der Waals surface area contributed by atoms with Gasteiger partial charge in [0, 0.05) is 6.20 Å². The third-order valence-corrected chi connectivity index (χ3v) is 2.72. The van der Waals surface area contributed by atoms with Crippen molar-refractivity contribution in [3.05, 3.63) is 18.3 Å². The summed E-state index contributed by atoms with van der Waals surface area (Å²) in [5.41, 5.74) is -0.0867. The van der Waals surface area contributed by atoms with Gasteiger partial charge in [-0.3, -0.25) is 4.79 Å². The lowest BCUT2D eigenvalue weighted by atomic mass is 10.1. The summed E-state index contributed by atoms with van der Waals surface area (Å²) in [4.78, 5) is 27.8. The normalized spacial score (nSPS) is 18.9. The van der Waals surface area contributed by atoms with E-state index in [1.807, 2.05) is 0 Å². The van der Waals surface area contributed by atoms with E-state index in [4.69, 9.17) is 9.47 Å². The van der Waals surface area contributed by atoms with E-state index in [9.17, 15) is 9.59 Å². The molecule has 1 aromatic rings. The molecule has 0 aliphatic carbocycles. The number of carbonyl (C=O) groups excluding carboxylic acids is 2. The highest BCUT2D eigenvalue weighted by molar-refractivity contribution is 5.98. The van der Waals surface area contributed by atoms with Gasteiger partial charge in [0.25, 0.3) is 5.91 Å². The summed E-state index contributed by atoms with van der Waals surface area (Å²) in [5, 5.41) is 5.29. The fourth-order valence-electron chi connectivity index (χ4n) is 1.86. The van der Waals surface area contributed by atoms with Gasteiger partial charge in [-0.05, 0) is 39.8 Å². The average molecular weight is 293 g/mol. The lowest BCUT2D eigenvalue weighted by Gasteiger charge is -2.29. The Morgan fingerprint density at radius 3 is 2.90 bits per heavy atom. The van der Waals surface area contributed by atoms with Gasteiger partial charge in [0.15, 0.2) is 6.10 Å². The molecule has 0 unspecified atom stereocenters. The van der Waals surface area contributed by atoms with Gasteiger partial charge in [-0.1, -0.05) is 0 Å². The second-order valence-corrected chi connectivity index (χ2v) is 5.82. The van der Waals surface area contributed by atoms with Crippen LogP contribution in [0.3, 0.4) is 0 Å². The Kier molecular flexibility index (Phi) is 4.02. The number of fused-ring (bicyclic) bond motifs is 1. The Morgan fingerprint density at radius 2 is 2.24 bits per heavy atom. The summed E-state index contributed by atoms with van der Waals surface area (Å²) in [6, 6.07) is 2.84. The van der Waals surface area contributed by atoms with E-state index in [1.165, 1.54) is 0 Å². The van der Waals surface area contributed by atoms with Crippen molar-refractivity contribution in [1.29, 1.82) is 0 Å². The van der Waals surface area contributed by atoms with E-state index in [-0.39, 0.29) is 5.91 Å². The molecule has 1 aromatic heterocycles. The van der Waals surface area contributed by atoms with Gasteiger partial charge >= 0.3 is 6.09 Å². The maximum atomic E-state index is 12.0. The zero-order valence-corrected chi connectivity index (χ0v) is 12.5. The largest absolute Gasteiger partial charge is 0.461 e. The summed E-state index contributed by atoms with van der Waals surface area (Å²) in [5.74, 6) is -0.000928. The predicted octanol–water partition coefficient (Wildman–Crippen LogP) is 1.69. The van der Waals surface area contributed by atoms with Crippen LogP contribution in [0.1, 0.15) is 27.7 Å². The monoisotopic (exact) mass is 293 g/mol. The van der Waals surface area contributed by atoms with Crippen LogP contribution in [-0.4, -0.2) is 34.7 Å². The standard InChI is InChI=1S/C14H19N3O4/c1-8(16-13(19)21-14(2,3)4)10-11(18)17-9-6-5-7-15-12(9)20-10/h5-8,10H,1-4H3,(H,16,19)(H,17,18)/t8-,10-/m1/s1. The molecule has 0 saturated heterocycles. The zero-order chi connectivity index (χ0) is 15.6. The Morgan fingerprint density at radius 1 is 1.52 bits per heavy atom. The van der Waals surface area contributed by atoms with Crippen LogP contribution in [0.5, 0.6) is 5.88 Å². The number of hydrogen-bond donors (Lipinski definition) is 2. The number of aromatic nitrogens is 1. The second kappa shape index (κ2) is 5.59. The molecule has 0 bridgehead atoms. The van der Waals surface area contributed by atoms with Crippen molar-refractivity contribution in [3.8, 4) is 5.88 Å². The van der Waals surface area contributed by atoms with Crippen LogP contribution in [0, 0.1) is 0 Å². The van der Waals surface area contributed by atoms with Crippen molar-refractivity contribution in [2.45, 2.75) is 45.4 Å². The number of hydrogen-bond acceptors (Lipinski definition) is 5. The van der Waals surface area contributed by atoms with Gasteiger partial charge in [0.1, 0.15) is 11.3 Å². The molecule has 1 aliphatic rings. The van der Waals surface area contributed by atoms with Crippen molar-refractivity contribution in [3.63, 3.8) is 0 Å². The third kappa shape index (κ3) is 3.84. The number of carbonyl (C=O) groups is 2. The molecule has 7 nitrogen and oxygen atoms in total. The van der Waals surface area contributed by atoms with E-state index in [0.29, 0.717) is 11.6 Å². The van der Waals surface area contributed by atoms with Gasteiger partial charge in [0.2, 0.25) is 5.88 Å². The van der Waals surface area contributed by atoms with Crippen LogP contribution < -0.4 is 15.4 Å². The van der Waals surface area contributed by atoms with Crippen molar-refractivity contribution in [1.82, 2.24) is 10.3 Å². The van der Waals surface area contributed by atoms with E-state index >= 15 is 0 Å². The lowest BCUT2D eigenvalue weighted by Crippen LogP contribution is -2.52. The Labute approximate surface area is 123 Å². The Balaban J connectivity index is 2.02. The van der Waals surface area contributed by atoms with Crippen molar-refractivity contribution >= 4 is 17.7 Å². The first-order valence-electron chi connectivity index (χ1n) is 6.68. The fourth-order valence-corrected chi connectivity index (χ4v) is 1.86. The van der Waals surface area contributed by atoms with Crippen LogP contribution in [0.15, 0.2) is 18.3 Å². The molecule has 0 spiro atoms. The summed E-state index contributed by atoms with van der Waals surface area (Å²) in [7, 11) is 0. The molecule has 7 heteroatoms. The molecule has 2 rings (SSSR count). The zero-order valence-electron chi connectivity index (χ0n) is 12.5. The van der Waals surface area contributed by atoms with E-state index < -0.39 is 23.8 Å². The minimum absolute atomic E-state index is 0.333. The van der Waals surface area contributed by atoms with Crippen LogP contribution in [0.2, 0.25) is 0 Å². The van der Waals surface area contributed by atoms with Gasteiger partial charge in [-0.2, -0.15) is 0 Å². The molecule has 2 N–H and O–H groups in total. The molecule has 0 fully saturated rings. The number of anilines is 1. The highest BCUT2D eigenvalue weighted by Gasteiger charge is 2.34. The number of ether oxygens (including phenoxy) is 2. The van der Waals surface area contributed by atoms with E-state index in [1.54, 1.807) is 46.0 Å². The smallest absolute Gasteiger partial charge is 0.408 e. The molecule has 0 radical (unpaired) electrons. The highest BCUT2D eigenvalue weighted by atomic mass is 16.6. The van der Waals surface area contributed by atoms with Crippen LogP contribution in [0.4, 0.5) is 10.5 Å². The molecular weight excluding hydrogens is 274 g/mol. The first-order valence-corrected chi connectivity index (χ1v) is 6.68. The SMILES string of the molecule is C[C@@H](NC(=O)OC(C)(C)C)[C@H]1Oc2ncccc2NC1=O. The Bertz CT molecular complexity index is 553. The molecule has 0 saturated carbocycles. The second-order valence-electron chi connectivity index (χ2n) is 5.82. The number of nitrogens with one attached hydrogen (secondary N) is 2. The van der Waals surface area contributed by atoms with Gasteiger partial charge < -0.3 is 20.1 Å². The molecule has 2 amide bonds. The first-order chi connectivity index (χ1) is 9.76. The number of nitrogens with zero attached hydrogens (tertiary/aromatic N) is 1. The molecule has 0 aromatic carbocycles. The molecule has 2 heterocycles. The van der Waals surface area contributed by atoms with Gasteiger partial charge in [0.05, 0.1) is 6.04 Å². The number of rotatable bonds is 2. The maximum absolute atomic E-state index is 12.0. The van der Waals surface area contributed by atoms with E-state index in [0.717, 1.165) is 0 Å². The molecule has 21 heavy (non-hydrogen) atoms. The fraction of sp³-hybridized carbons (Fsp3) is 0.500. The third-order valence-electron chi connectivity index (χ3n) is 2.72. The minimum atomic E-state index is -0.861. The molecule has 2 atom stereocenters. The topological polar surface area (TPSA) is 89.6 Å². The van der Waals surface area contributed by atoms with Crippen molar-refractivity contribution < 1.29 is 19.1 Å². The quantitative estimate of drug-likeness (QED) is 0.866. The number of amides is 2. The summed E-state index contributed by atoms with van der Waals surface area (Å²) >= 11 is 0. The van der Waals surface area contributed by atoms with Crippen LogP contribution >= 0.6 is 0 Å². The Hall–Kier alpha value is -2.31. The van der Waals surface area contributed by atoms with Gasteiger partial charge in [-0.25, -0.2) is 9.78 Å². The van der Waals surface area contributed by atoms with Crippen molar-refractivity contribution in [2.75, 3.05) is 5.32 Å². The molecule has 1 aliphatic heterocycles. The van der Waals surface area contributed by atoms with Gasteiger partial charge in [-0.15, -0.1) is 0 Å². The summed E-state index contributed by atoms with van der Waals surface area (Å²) < 4.78 is 10.7. The average Bonchev–Trinajstić information content (AvgIpc) is 2.35. The number of alkyl carbamates (subject to hydrolysis) is 1. The number of pyridine rings is 1. The molecule has 114 valence electrons. The van der Waals surface area contributed by atoms with Crippen molar-refractivity contribution in [2.24, 2.45) is 0 Å². The lowest BCUT2D eigenvalue weighted by molar-refractivity contribution is -0.124. The highest BCUT2D eigenvalue weighted by Crippen LogP contribution is 2.27. The summed E-state index contributed by atoms with van der Waals surface area (Å²) in [6.45, 7) is 6.96. The van der Waals surface area contributed by atoms with Crippen LogP contribution in [0.25, 0.3) is 0 Å². The molecular formula is C14H19N3O4.